The van der Waals surface area contributed by atoms with Crippen LogP contribution in [0.3, 0.4) is 0 Å². The van der Waals surface area contributed by atoms with Crippen LogP contribution in [0.2, 0.25) is 0 Å². The van der Waals surface area contributed by atoms with E-state index in [1.165, 1.54) is 10.5 Å². The zero-order valence-electron chi connectivity index (χ0n) is 11.6. The molecule has 0 bridgehead atoms. The van der Waals surface area contributed by atoms with E-state index >= 15 is 0 Å². The quantitative estimate of drug-likeness (QED) is 0.870. The molecule has 3 nitrogen and oxygen atoms in total. The predicted octanol–water partition coefficient (Wildman–Crippen LogP) is 2.47. The molecule has 1 amide bonds. The van der Waals surface area contributed by atoms with Gasteiger partial charge in [0.05, 0.1) is 5.54 Å². The number of hydrogen-bond donors (Lipinski definition) is 2. The summed E-state index contributed by atoms with van der Waals surface area (Å²) in [4.78, 5) is 13.0. The Morgan fingerprint density at radius 2 is 2.16 bits per heavy atom. The van der Waals surface area contributed by atoms with Crippen molar-refractivity contribution < 1.29 is 4.79 Å². The van der Waals surface area contributed by atoms with E-state index in [1.807, 2.05) is 18.7 Å². The van der Waals surface area contributed by atoms with Gasteiger partial charge >= 0.3 is 0 Å². The summed E-state index contributed by atoms with van der Waals surface area (Å²) in [5.74, 6) is -0.207. The topological polar surface area (TPSA) is 55.1 Å². The Labute approximate surface area is 119 Å². The predicted molar refractivity (Wildman–Crippen MR) is 80.3 cm³/mol. The Balaban J connectivity index is 2.01. The summed E-state index contributed by atoms with van der Waals surface area (Å²) in [6.45, 7) is 4.89. The van der Waals surface area contributed by atoms with Crippen molar-refractivity contribution in [3.05, 3.63) is 29.8 Å². The van der Waals surface area contributed by atoms with Gasteiger partial charge in [-0.2, -0.15) is 0 Å². The molecule has 0 aliphatic heterocycles. The highest BCUT2D eigenvalue weighted by atomic mass is 32.2. The standard InChI is InChI=1S/C15H22N2OS/c1-3-17-15(14(16)18)9-8-13(10-15)19-12-6-4-11(2)5-7-12/h4-7,13,17H,3,8-10H2,1-2H3,(H2,16,18). The van der Waals surface area contributed by atoms with Gasteiger partial charge in [0.1, 0.15) is 0 Å². The van der Waals surface area contributed by atoms with Crippen molar-refractivity contribution in [3.63, 3.8) is 0 Å². The third-order valence-corrected chi connectivity index (χ3v) is 5.06. The number of thioether (sulfide) groups is 1. The van der Waals surface area contributed by atoms with Crippen LogP contribution in [0, 0.1) is 6.92 Å². The van der Waals surface area contributed by atoms with Crippen LogP contribution < -0.4 is 11.1 Å². The number of carbonyl (C=O) groups excluding carboxylic acids is 1. The first kappa shape index (κ1) is 14.4. The summed E-state index contributed by atoms with van der Waals surface area (Å²) in [6, 6.07) is 8.56. The summed E-state index contributed by atoms with van der Waals surface area (Å²) in [5.41, 5.74) is 6.37. The van der Waals surface area contributed by atoms with E-state index in [4.69, 9.17) is 5.73 Å². The highest BCUT2D eigenvalue weighted by Gasteiger charge is 2.43. The van der Waals surface area contributed by atoms with Crippen LogP contribution in [0.25, 0.3) is 0 Å². The molecule has 3 N–H and O–H groups in total. The number of hydrogen-bond acceptors (Lipinski definition) is 3. The molecule has 2 unspecified atom stereocenters. The summed E-state index contributed by atoms with van der Waals surface area (Å²) < 4.78 is 0. The second-order valence-electron chi connectivity index (χ2n) is 5.27. The van der Waals surface area contributed by atoms with Gasteiger partial charge in [-0.3, -0.25) is 4.79 Å². The molecule has 1 fully saturated rings. The fraction of sp³-hybridized carbons (Fsp3) is 0.533. The third-order valence-electron chi connectivity index (χ3n) is 3.78. The van der Waals surface area contributed by atoms with Crippen LogP contribution in [-0.4, -0.2) is 23.2 Å². The molecule has 1 aromatic carbocycles. The number of nitrogens with one attached hydrogen (secondary N) is 1. The average molecular weight is 278 g/mol. The molecule has 0 aromatic heterocycles. The van der Waals surface area contributed by atoms with Gasteiger partial charge in [-0.05, 0) is 44.9 Å². The molecule has 0 heterocycles. The minimum atomic E-state index is -0.489. The first-order chi connectivity index (χ1) is 9.05. The van der Waals surface area contributed by atoms with Crippen molar-refractivity contribution in [2.45, 2.75) is 48.8 Å². The van der Waals surface area contributed by atoms with E-state index in [0.717, 1.165) is 25.8 Å². The van der Waals surface area contributed by atoms with Crippen LogP contribution >= 0.6 is 11.8 Å². The zero-order chi connectivity index (χ0) is 13.9. The molecule has 4 heteroatoms. The summed E-state index contributed by atoms with van der Waals surface area (Å²) in [7, 11) is 0. The number of aryl methyl sites for hydroxylation is 1. The van der Waals surface area contributed by atoms with Crippen LogP contribution in [0.4, 0.5) is 0 Å². The lowest BCUT2D eigenvalue weighted by molar-refractivity contribution is -0.124. The summed E-state index contributed by atoms with van der Waals surface area (Å²) >= 11 is 1.86. The molecule has 2 atom stereocenters. The van der Waals surface area contributed by atoms with Gasteiger partial charge in [-0.25, -0.2) is 0 Å². The monoisotopic (exact) mass is 278 g/mol. The van der Waals surface area contributed by atoms with Crippen molar-refractivity contribution in [1.82, 2.24) is 5.32 Å². The maximum Gasteiger partial charge on any atom is 0.237 e. The molecule has 19 heavy (non-hydrogen) atoms. The lowest BCUT2D eigenvalue weighted by Crippen LogP contribution is -2.53. The van der Waals surface area contributed by atoms with E-state index in [1.54, 1.807) is 0 Å². The van der Waals surface area contributed by atoms with Crippen molar-refractivity contribution in [2.75, 3.05) is 6.54 Å². The highest BCUT2D eigenvalue weighted by Crippen LogP contribution is 2.40. The highest BCUT2D eigenvalue weighted by molar-refractivity contribution is 8.00. The van der Waals surface area contributed by atoms with Crippen molar-refractivity contribution in [2.24, 2.45) is 5.73 Å². The number of nitrogens with two attached hydrogens (primary N) is 1. The smallest absolute Gasteiger partial charge is 0.237 e. The molecule has 104 valence electrons. The molecule has 2 rings (SSSR count). The number of rotatable bonds is 5. The van der Waals surface area contributed by atoms with E-state index in [2.05, 4.69) is 36.5 Å². The fourth-order valence-electron chi connectivity index (χ4n) is 2.72. The maximum absolute atomic E-state index is 11.7. The van der Waals surface area contributed by atoms with Gasteiger partial charge in [0, 0.05) is 10.1 Å². The van der Waals surface area contributed by atoms with E-state index in [-0.39, 0.29) is 5.91 Å². The van der Waals surface area contributed by atoms with E-state index in [0.29, 0.717) is 5.25 Å². The molecule has 0 radical (unpaired) electrons. The number of primary amides is 1. The van der Waals surface area contributed by atoms with Crippen molar-refractivity contribution >= 4 is 17.7 Å². The van der Waals surface area contributed by atoms with Gasteiger partial charge in [-0.1, -0.05) is 24.6 Å². The van der Waals surface area contributed by atoms with Gasteiger partial charge in [-0.15, -0.1) is 11.8 Å². The second kappa shape index (κ2) is 5.97. The van der Waals surface area contributed by atoms with Gasteiger partial charge in [0.2, 0.25) is 5.91 Å². The Bertz CT molecular complexity index is 446. The van der Waals surface area contributed by atoms with Gasteiger partial charge in [0.25, 0.3) is 0 Å². The largest absolute Gasteiger partial charge is 0.368 e. The second-order valence-corrected chi connectivity index (χ2v) is 6.65. The van der Waals surface area contributed by atoms with Crippen LogP contribution in [0.5, 0.6) is 0 Å². The number of carbonyl (C=O) groups is 1. The van der Waals surface area contributed by atoms with E-state index < -0.39 is 5.54 Å². The lowest BCUT2D eigenvalue weighted by Gasteiger charge is -2.26. The first-order valence-corrected chi connectivity index (χ1v) is 7.72. The van der Waals surface area contributed by atoms with Crippen LogP contribution in [0.1, 0.15) is 31.7 Å². The minimum absolute atomic E-state index is 0.207. The van der Waals surface area contributed by atoms with Crippen LogP contribution in [-0.2, 0) is 4.79 Å². The molecular formula is C15H22N2OS. The van der Waals surface area contributed by atoms with Crippen molar-refractivity contribution in [1.29, 1.82) is 0 Å². The Hall–Kier alpha value is -1.00. The van der Waals surface area contributed by atoms with Crippen LogP contribution in [0.15, 0.2) is 29.2 Å². The average Bonchev–Trinajstić information content (AvgIpc) is 2.77. The van der Waals surface area contributed by atoms with Gasteiger partial charge in [0.15, 0.2) is 0 Å². The normalized spacial score (nSPS) is 26.5. The fourth-order valence-corrected chi connectivity index (χ4v) is 4.00. The first-order valence-electron chi connectivity index (χ1n) is 6.84. The third kappa shape index (κ3) is 3.31. The molecular weight excluding hydrogens is 256 g/mol. The lowest BCUT2D eigenvalue weighted by atomic mass is 9.97. The maximum atomic E-state index is 11.7. The number of benzene rings is 1. The minimum Gasteiger partial charge on any atom is -0.368 e. The van der Waals surface area contributed by atoms with Gasteiger partial charge < -0.3 is 11.1 Å². The Morgan fingerprint density at radius 1 is 1.47 bits per heavy atom. The van der Waals surface area contributed by atoms with Crippen molar-refractivity contribution in [3.8, 4) is 0 Å². The zero-order valence-corrected chi connectivity index (χ0v) is 12.4. The van der Waals surface area contributed by atoms with E-state index in [9.17, 15) is 4.79 Å². The number of amides is 1. The molecule has 1 aliphatic rings. The SMILES string of the molecule is CCNC1(C(N)=O)CCC(Sc2ccc(C)cc2)C1. The molecule has 0 spiro atoms. The number of likely N-dealkylation sites (N-methyl/N-ethyl adjacent to an activating group) is 1. The molecule has 1 aromatic rings. The summed E-state index contributed by atoms with van der Waals surface area (Å²) in [6.07, 6.45) is 2.71. The summed E-state index contributed by atoms with van der Waals surface area (Å²) in [5, 5.41) is 3.76. The molecule has 0 saturated heterocycles. The Morgan fingerprint density at radius 3 is 2.74 bits per heavy atom. The Kier molecular flexibility index (Phi) is 4.53. The molecule has 1 saturated carbocycles. The molecule has 1 aliphatic carbocycles.